The second-order valence-electron chi connectivity index (χ2n) is 6.16. The van der Waals surface area contributed by atoms with E-state index in [1.54, 1.807) is 6.21 Å². The van der Waals surface area contributed by atoms with Gasteiger partial charge in [0.15, 0.2) is 5.11 Å². The van der Waals surface area contributed by atoms with Crippen LogP contribution in [-0.2, 0) is 0 Å². The first-order valence-electron chi connectivity index (χ1n) is 8.48. The standard InChI is InChI=1S/C20H26N4S/c1-5-12-24(4)18-9-7-17(8-10-18)14-21-23-20(25)22-19-11-6-15(2)13-16(19)3/h6-11,13-14H,5,12H2,1-4H3,(H2,22,23,25)/b21-14+. The van der Waals surface area contributed by atoms with Gasteiger partial charge in [0.2, 0.25) is 0 Å². The molecule has 0 heterocycles. The summed E-state index contributed by atoms with van der Waals surface area (Å²) in [5.74, 6) is 0. The normalized spacial score (nSPS) is 10.7. The minimum atomic E-state index is 0.475. The number of benzene rings is 2. The zero-order valence-corrected chi connectivity index (χ0v) is 16.2. The number of hydrogen-bond acceptors (Lipinski definition) is 3. The summed E-state index contributed by atoms with van der Waals surface area (Å²) in [6, 6.07) is 14.5. The first kappa shape index (κ1) is 18.9. The minimum Gasteiger partial charge on any atom is -0.375 e. The highest BCUT2D eigenvalue weighted by molar-refractivity contribution is 7.80. The zero-order chi connectivity index (χ0) is 18.2. The SMILES string of the molecule is CCCN(C)c1ccc(/C=N/NC(=S)Nc2ccc(C)cc2C)cc1. The maximum Gasteiger partial charge on any atom is 0.191 e. The highest BCUT2D eigenvalue weighted by Gasteiger charge is 2.01. The van der Waals surface area contributed by atoms with Crippen LogP contribution in [0.25, 0.3) is 0 Å². The number of rotatable bonds is 6. The Morgan fingerprint density at radius 1 is 1.16 bits per heavy atom. The van der Waals surface area contributed by atoms with E-state index in [2.05, 4.69) is 72.8 Å². The van der Waals surface area contributed by atoms with E-state index in [1.165, 1.54) is 11.3 Å². The Kier molecular flexibility index (Phi) is 6.95. The third kappa shape index (κ3) is 5.87. The molecule has 0 spiro atoms. The van der Waals surface area contributed by atoms with E-state index in [4.69, 9.17) is 12.2 Å². The lowest BCUT2D eigenvalue weighted by Crippen LogP contribution is -2.24. The molecule has 25 heavy (non-hydrogen) atoms. The number of anilines is 2. The maximum absolute atomic E-state index is 5.29. The third-order valence-electron chi connectivity index (χ3n) is 3.90. The lowest BCUT2D eigenvalue weighted by molar-refractivity contribution is 0.852. The number of aryl methyl sites for hydroxylation is 2. The fourth-order valence-corrected chi connectivity index (χ4v) is 2.71. The van der Waals surface area contributed by atoms with Gasteiger partial charge in [-0.2, -0.15) is 5.10 Å². The van der Waals surface area contributed by atoms with Gasteiger partial charge in [-0.05, 0) is 61.8 Å². The molecular formula is C20H26N4S. The first-order valence-corrected chi connectivity index (χ1v) is 8.89. The van der Waals surface area contributed by atoms with Gasteiger partial charge >= 0.3 is 0 Å². The molecule has 4 nitrogen and oxygen atoms in total. The summed E-state index contributed by atoms with van der Waals surface area (Å²) in [6.45, 7) is 7.35. The van der Waals surface area contributed by atoms with E-state index >= 15 is 0 Å². The fourth-order valence-electron chi connectivity index (χ4n) is 2.55. The van der Waals surface area contributed by atoms with E-state index in [1.807, 2.05) is 18.2 Å². The summed E-state index contributed by atoms with van der Waals surface area (Å²) in [6.07, 6.45) is 2.90. The second kappa shape index (κ2) is 9.18. The van der Waals surface area contributed by atoms with Crippen molar-refractivity contribution in [3.63, 3.8) is 0 Å². The topological polar surface area (TPSA) is 39.7 Å². The van der Waals surface area contributed by atoms with Crippen LogP contribution in [0.5, 0.6) is 0 Å². The molecule has 0 fully saturated rings. The lowest BCUT2D eigenvalue weighted by atomic mass is 10.1. The molecule has 0 bridgehead atoms. The van der Waals surface area contributed by atoms with Gasteiger partial charge in [0.05, 0.1) is 6.21 Å². The average Bonchev–Trinajstić information content (AvgIpc) is 2.58. The van der Waals surface area contributed by atoms with E-state index in [0.717, 1.165) is 29.8 Å². The van der Waals surface area contributed by atoms with Crippen molar-refractivity contribution in [2.45, 2.75) is 27.2 Å². The van der Waals surface area contributed by atoms with Crippen LogP contribution in [-0.4, -0.2) is 24.9 Å². The van der Waals surface area contributed by atoms with Gasteiger partial charge in [-0.3, -0.25) is 5.43 Å². The van der Waals surface area contributed by atoms with E-state index in [-0.39, 0.29) is 0 Å². The van der Waals surface area contributed by atoms with Crippen molar-refractivity contribution >= 4 is 34.9 Å². The van der Waals surface area contributed by atoms with Crippen LogP contribution in [0.3, 0.4) is 0 Å². The van der Waals surface area contributed by atoms with Crippen LogP contribution in [0.2, 0.25) is 0 Å². The molecule has 0 atom stereocenters. The molecule has 2 aromatic rings. The molecular weight excluding hydrogens is 328 g/mol. The molecule has 0 aliphatic rings. The lowest BCUT2D eigenvalue weighted by Gasteiger charge is -2.18. The highest BCUT2D eigenvalue weighted by Crippen LogP contribution is 2.16. The molecule has 2 aromatic carbocycles. The first-order chi connectivity index (χ1) is 12.0. The van der Waals surface area contributed by atoms with E-state index in [9.17, 15) is 0 Å². The average molecular weight is 355 g/mol. The van der Waals surface area contributed by atoms with Gasteiger partial charge in [0, 0.05) is 25.0 Å². The highest BCUT2D eigenvalue weighted by atomic mass is 32.1. The Labute approximate surface area is 155 Å². The van der Waals surface area contributed by atoms with Crippen molar-refractivity contribution in [1.82, 2.24) is 5.43 Å². The number of nitrogens with one attached hydrogen (secondary N) is 2. The third-order valence-corrected chi connectivity index (χ3v) is 4.10. The van der Waals surface area contributed by atoms with Crippen molar-refractivity contribution in [3.05, 3.63) is 59.2 Å². The summed E-state index contributed by atoms with van der Waals surface area (Å²) < 4.78 is 0. The number of thiocarbonyl (C=S) groups is 1. The molecule has 0 aromatic heterocycles. The van der Waals surface area contributed by atoms with E-state index < -0.39 is 0 Å². The molecule has 0 aliphatic carbocycles. The summed E-state index contributed by atoms with van der Waals surface area (Å²) in [5.41, 5.74) is 8.46. The predicted octanol–water partition coefficient (Wildman–Crippen LogP) is 4.47. The van der Waals surface area contributed by atoms with Crippen molar-refractivity contribution < 1.29 is 0 Å². The van der Waals surface area contributed by atoms with Crippen LogP contribution in [0.4, 0.5) is 11.4 Å². The molecule has 132 valence electrons. The molecule has 0 saturated carbocycles. The number of hydrogen-bond donors (Lipinski definition) is 2. The van der Waals surface area contributed by atoms with Crippen LogP contribution >= 0.6 is 12.2 Å². The van der Waals surface area contributed by atoms with Crippen molar-refractivity contribution in [1.29, 1.82) is 0 Å². The molecule has 0 unspecified atom stereocenters. The monoisotopic (exact) mass is 354 g/mol. The van der Waals surface area contributed by atoms with Crippen molar-refractivity contribution in [3.8, 4) is 0 Å². The molecule has 5 heteroatoms. The van der Waals surface area contributed by atoms with Gasteiger partial charge in [-0.25, -0.2) is 0 Å². The zero-order valence-electron chi connectivity index (χ0n) is 15.3. The van der Waals surface area contributed by atoms with Crippen molar-refractivity contribution in [2.24, 2.45) is 5.10 Å². The van der Waals surface area contributed by atoms with Crippen molar-refractivity contribution in [2.75, 3.05) is 23.8 Å². The summed E-state index contributed by atoms with van der Waals surface area (Å²) in [7, 11) is 2.10. The molecule has 0 aliphatic heterocycles. The molecule has 0 radical (unpaired) electrons. The minimum absolute atomic E-state index is 0.475. The molecule has 0 amide bonds. The van der Waals surface area contributed by atoms with Crippen LogP contribution in [0.15, 0.2) is 47.6 Å². The quantitative estimate of drug-likeness (QED) is 0.456. The molecule has 0 saturated heterocycles. The second-order valence-corrected chi connectivity index (χ2v) is 6.56. The van der Waals surface area contributed by atoms with Gasteiger partial charge in [-0.15, -0.1) is 0 Å². The largest absolute Gasteiger partial charge is 0.375 e. The Morgan fingerprint density at radius 2 is 1.88 bits per heavy atom. The molecule has 2 rings (SSSR count). The molecule has 2 N–H and O–H groups in total. The Hall–Kier alpha value is -2.40. The van der Waals surface area contributed by atoms with E-state index in [0.29, 0.717) is 5.11 Å². The van der Waals surface area contributed by atoms with Crippen LogP contribution < -0.4 is 15.6 Å². The summed E-state index contributed by atoms with van der Waals surface area (Å²) in [5, 5.41) is 7.84. The van der Waals surface area contributed by atoms with Gasteiger partial charge in [0.1, 0.15) is 0 Å². The van der Waals surface area contributed by atoms with Gasteiger partial charge in [-0.1, -0.05) is 36.8 Å². The fraction of sp³-hybridized carbons (Fsp3) is 0.300. The summed E-state index contributed by atoms with van der Waals surface area (Å²) in [4.78, 5) is 2.24. The number of hydrazone groups is 1. The Bertz CT molecular complexity index is 738. The van der Waals surface area contributed by atoms with Gasteiger partial charge < -0.3 is 10.2 Å². The van der Waals surface area contributed by atoms with Crippen LogP contribution in [0, 0.1) is 13.8 Å². The summed E-state index contributed by atoms with van der Waals surface area (Å²) >= 11 is 5.29. The number of nitrogens with zero attached hydrogens (tertiary/aromatic N) is 2. The van der Waals surface area contributed by atoms with Gasteiger partial charge in [0.25, 0.3) is 0 Å². The Morgan fingerprint density at radius 3 is 2.52 bits per heavy atom. The van der Waals surface area contributed by atoms with Crippen LogP contribution in [0.1, 0.15) is 30.0 Å². The maximum atomic E-state index is 5.29. The Balaban J connectivity index is 1.88. The predicted molar refractivity (Wildman–Crippen MR) is 113 cm³/mol. The smallest absolute Gasteiger partial charge is 0.191 e.